The maximum atomic E-state index is 9.17. The molecule has 20 heteroatoms. The van der Waals surface area contributed by atoms with Gasteiger partial charge in [-0.3, -0.25) is 15.0 Å². The molecule has 478 valence electrons. The van der Waals surface area contributed by atoms with Gasteiger partial charge in [-0.1, -0.05) is 75.7 Å². The van der Waals surface area contributed by atoms with Gasteiger partial charge in [-0.25, -0.2) is 29.9 Å². The summed E-state index contributed by atoms with van der Waals surface area (Å²) in [7, 11) is 1.69. The minimum Gasteiger partial charge on any atom is -0.497 e. The van der Waals surface area contributed by atoms with Crippen molar-refractivity contribution in [1.82, 2.24) is 44.9 Å². The summed E-state index contributed by atoms with van der Waals surface area (Å²) in [5, 5.41) is 31.5. The summed E-state index contributed by atoms with van der Waals surface area (Å²) in [6.45, 7) is 22.8. The molecule has 15 rings (SSSR count). The van der Waals surface area contributed by atoms with Crippen LogP contribution in [0.5, 0.6) is 5.75 Å². The molecule has 0 N–H and O–H groups in total. The van der Waals surface area contributed by atoms with Gasteiger partial charge in [0.2, 0.25) is 0 Å². The Balaban J connectivity index is 0.000000139. The Bertz CT molecular complexity index is 3970. The van der Waals surface area contributed by atoms with Crippen molar-refractivity contribution in [3.05, 3.63) is 155 Å². The Morgan fingerprint density at radius 3 is 1.13 bits per heavy atom. The highest BCUT2D eigenvalue weighted by Crippen LogP contribution is 2.40. The zero-order valence-electron chi connectivity index (χ0n) is 54.6. The first-order valence-electron chi connectivity index (χ1n) is 33.1. The minimum absolute atomic E-state index is 0.161. The third kappa shape index (κ3) is 14.4. The number of para-hydroxylation sites is 2. The molecule has 6 aliphatic heterocycles. The lowest BCUT2D eigenvalue weighted by Crippen LogP contribution is -2.47. The van der Waals surface area contributed by atoms with Gasteiger partial charge in [0, 0.05) is 167 Å². The van der Waals surface area contributed by atoms with Crippen molar-refractivity contribution < 1.29 is 4.74 Å². The second-order valence-electron chi connectivity index (χ2n) is 24.2. The minimum atomic E-state index is 0.161. The highest BCUT2D eigenvalue weighted by atomic mass is 35.5. The van der Waals surface area contributed by atoms with E-state index in [1.807, 2.05) is 82.3 Å². The number of fused-ring (bicyclic) bond motifs is 3. The standard InChI is InChI=1S/C24H26N6O.C23H24N6.C22H21ClN6.2C2H6/c1-16-11-22(28-21-4-3-19(31-2)12-20(16)21)30-14-18(15-30)23-24(27-8-7-26-23)29-9-5-17(13-25)6-10-29;1-16-12-21(27-20-5-3-2-4-19(16)20)29-14-18(15-29)22-23(26-9-8-25-22)28-10-6-17(13-24)7-11-28;23-18-11-20(27-19-4-2-1-3-17(18)19)29-13-16(14-29)21-22(26-8-7-25-21)28-9-5-15(12-24)6-10-28;2*1-2/h3-4,7-8,11-12,17-18H,5-6,9-10,14-15H2,1-2H3;2-5,8-9,12,17-18H,6-7,10-11,14-15H2,1H3;1-4,7-8,11,15-16H,5-6,9-10,13-14H2;2*1-2H3. The molecule has 6 aromatic heterocycles. The number of methoxy groups -OCH3 is 1. The monoisotopic (exact) mass is 1260 g/mol. The third-order valence-electron chi connectivity index (χ3n) is 18.6. The number of hydrogen-bond donors (Lipinski definition) is 0. The Hall–Kier alpha value is -9.51. The molecule has 0 bridgehead atoms. The van der Waals surface area contributed by atoms with Crippen LogP contribution in [0.3, 0.4) is 0 Å². The number of pyridine rings is 3. The average molecular weight is 1260 g/mol. The van der Waals surface area contributed by atoms with E-state index in [9.17, 15) is 5.26 Å². The summed E-state index contributed by atoms with van der Waals surface area (Å²) in [6.07, 6.45) is 16.1. The average Bonchev–Trinajstić information content (AvgIpc) is 0.793. The van der Waals surface area contributed by atoms with E-state index in [4.69, 9.17) is 51.8 Å². The number of piperidine rings is 3. The molecule has 9 aromatic rings. The maximum Gasteiger partial charge on any atom is 0.150 e. The van der Waals surface area contributed by atoms with Gasteiger partial charge in [0.1, 0.15) is 23.2 Å². The van der Waals surface area contributed by atoms with Gasteiger partial charge in [-0.05, 0) is 112 Å². The van der Waals surface area contributed by atoms with Gasteiger partial charge in [-0.2, -0.15) is 15.8 Å². The lowest BCUT2D eigenvalue weighted by atomic mass is 9.93. The first-order chi connectivity index (χ1) is 45.6. The molecule has 0 unspecified atom stereocenters. The first kappa shape index (κ1) is 65.0. The number of rotatable bonds is 10. The fraction of sp³-hybridized carbons (Fsp3) is 0.425. The number of anilines is 6. The largest absolute Gasteiger partial charge is 0.497 e. The maximum absolute atomic E-state index is 9.17. The van der Waals surface area contributed by atoms with E-state index in [1.165, 1.54) is 16.5 Å². The second kappa shape index (κ2) is 30.3. The lowest BCUT2D eigenvalue weighted by Gasteiger charge is -2.41. The topological polar surface area (TPSA) is 216 Å². The summed E-state index contributed by atoms with van der Waals surface area (Å²) >= 11 is 6.47. The molecule has 93 heavy (non-hydrogen) atoms. The Kier molecular flexibility index (Phi) is 21.2. The number of aromatic nitrogens is 9. The van der Waals surface area contributed by atoms with Crippen LogP contribution < -0.4 is 34.1 Å². The van der Waals surface area contributed by atoms with Gasteiger partial charge in [0.15, 0.2) is 17.5 Å². The van der Waals surface area contributed by atoms with Crippen LogP contribution in [0.25, 0.3) is 32.7 Å². The van der Waals surface area contributed by atoms with Crippen molar-refractivity contribution >= 4 is 79.2 Å². The van der Waals surface area contributed by atoms with Gasteiger partial charge in [0.25, 0.3) is 0 Å². The summed E-state index contributed by atoms with van der Waals surface area (Å²) in [6, 6.07) is 35.8. The molecule has 0 spiro atoms. The van der Waals surface area contributed by atoms with Crippen molar-refractivity contribution in [3.8, 4) is 24.0 Å². The molecular formula is C73H83ClN18O. The number of hydrogen-bond acceptors (Lipinski definition) is 19. The first-order valence-corrected chi connectivity index (χ1v) is 33.5. The quantitative estimate of drug-likeness (QED) is 0.124. The Labute approximate surface area is 551 Å². The van der Waals surface area contributed by atoms with Crippen LogP contribution in [0.4, 0.5) is 34.9 Å². The molecular weight excluding hydrogens is 1180 g/mol. The molecule has 0 amide bonds. The van der Waals surface area contributed by atoms with Crippen LogP contribution in [0.2, 0.25) is 5.02 Å². The number of aryl methyl sites for hydroxylation is 2. The molecule has 19 nitrogen and oxygen atoms in total. The van der Waals surface area contributed by atoms with Gasteiger partial charge in [-0.15, -0.1) is 0 Å². The van der Waals surface area contributed by atoms with Crippen molar-refractivity contribution in [2.75, 3.05) is 115 Å². The zero-order chi connectivity index (χ0) is 65.0. The Morgan fingerprint density at radius 1 is 0.409 bits per heavy atom. The number of nitriles is 3. The lowest BCUT2D eigenvalue weighted by molar-refractivity contribution is 0.415. The van der Waals surface area contributed by atoms with Crippen molar-refractivity contribution in [2.24, 2.45) is 17.8 Å². The van der Waals surface area contributed by atoms with E-state index >= 15 is 0 Å². The highest BCUT2D eigenvalue weighted by molar-refractivity contribution is 6.35. The van der Waals surface area contributed by atoms with Gasteiger partial charge < -0.3 is 34.1 Å². The van der Waals surface area contributed by atoms with E-state index in [-0.39, 0.29) is 17.8 Å². The number of nitrogens with zero attached hydrogens (tertiary/aromatic N) is 18. The molecule has 0 saturated carbocycles. The van der Waals surface area contributed by atoms with Crippen molar-refractivity contribution in [1.29, 1.82) is 15.8 Å². The predicted molar refractivity (Wildman–Crippen MR) is 372 cm³/mol. The molecule has 6 aliphatic rings. The van der Waals surface area contributed by atoms with Crippen LogP contribution in [-0.4, -0.2) is 131 Å². The van der Waals surface area contributed by atoms with Crippen molar-refractivity contribution in [2.45, 2.75) is 97.8 Å². The van der Waals surface area contributed by atoms with Gasteiger partial charge in [0.05, 0.1) is 64.0 Å². The number of halogens is 1. The molecule has 6 saturated heterocycles. The molecule has 6 fully saturated rings. The second-order valence-corrected chi connectivity index (χ2v) is 24.7. The molecule has 0 atom stereocenters. The van der Waals surface area contributed by atoms with Crippen LogP contribution in [0, 0.1) is 65.6 Å². The van der Waals surface area contributed by atoms with E-state index in [0.29, 0.717) is 17.8 Å². The van der Waals surface area contributed by atoms with E-state index in [2.05, 4.69) is 112 Å². The van der Waals surface area contributed by atoms with E-state index in [1.54, 1.807) is 44.3 Å². The summed E-state index contributed by atoms with van der Waals surface area (Å²) < 4.78 is 5.35. The zero-order valence-corrected chi connectivity index (χ0v) is 55.3. The fourth-order valence-electron chi connectivity index (χ4n) is 13.2. The molecule has 0 radical (unpaired) electrons. The van der Waals surface area contributed by atoms with Crippen LogP contribution in [-0.2, 0) is 0 Å². The van der Waals surface area contributed by atoms with Crippen LogP contribution in [0.1, 0.15) is 112 Å². The molecule has 12 heterocycles. The third-order valence-corrected chi connectivity index (χ3v) is 18.9. The normalized spacial score (nSPS) is 17.1. The van der Waals surface area contributed by atoms with E-state index in [0.717, 1.165) is 207 Å². The summed E-state index contributed by atoms with van der Waals surface area (Å²) in [5.74, 6) is 8.27. The predicted octanol–water partition coefficient (Wildman–Crippen LogP) is 13.4. The van der Waals surface area contributed by atoms with E-state index < -0.39 is 0 Å². The SMILES string of the molecule is CC.CC.COc1ccc2nc(N3CC(c4nccnc4N4CCC(C#N)CC4)C3)cc(C)c2c1.Cc1cc(N2CC(c3nccnc3N3CCC(C#N)CC3)C2)nc2ccccc12.N#CC1CCN(c2nccnc2C2CN(c3cc(Cl)c4ccccc4n3)C2)CC1. The van der Waals surface area contributed by atoms with Crippen LogP contribution in [0.15, 0.2) is 122 Å². The number of ether oxygens (including phenoxy) is 1. The highest BCUT2D eigenvalue weighted by Gasteiger charge is 2.38. The van der Waals surface area contributed by atoms with Crippen molar-refractivity contribution in [3.63, 3.8) is 0 Å². The van der Waals surface area contributed by atoms with Gasteiger partial charge >= 0.3 is 0 Å². The summed E-state index contributed by atoms with van der Waals surface area (Å²) in [5.41, 5.74) is 8.60. The fourth-order valence-corrected chi connectivity index (χ4v) is 13.5. The Morgan fingerprint density at radius 2 is 0.742 bits per heavy atom. The number of benzene rings is 3. The molecule has 3 aromatic carbocycles. The summed E-state index contributed by atoms with van der Waals surface area (Å²) in [4.78, 5) is 56.3. The smallest absolute Gasteiger partial charge is 0.150 e. The molecule has 0 aliphatic carbocycles. The van der Waals surface area contributed by atoms with Crippen LogP contribution >= 0.6 is 11.6 Å².